The Morgan fingerprint density at radius 1 is 1.35 bits per heavy atom. The van der Waals surface area contributed by atoms with Crippen LogP contribution in [0.25, 0.3) is 10.9 Å². The first-order valence-corrected chi connectivity index (χ1v) is 6.36. The molecule has 17 heavy (non-hydrogen) atoms. The number of para-hydroxylation sites is 1. The Bertz CT molecular complexity index is 607. The van der Waals surface area contributed by atoms with Gasteiger partial charge in [0.1, 0.15) is 0 Å². The number of rotatable bonds is 2. The Morgan fingerprint density at radius 3 is 2.88 bits per heavy atom. The highest BCUT2D eigenvalue weighted by Gasteiger charge is 2.06. The molecule has 0 fully saturated rings. The average molecular weight is 265 g/mol. The molecule has 0 atom stereocenters. The number of benzene rings is 1. The molecule has 5 heteroatoms. The third-order valence-electron chi connectivity index (χ3n) is 2.19. The van der Waals surface area contributed by atoms with Crippen LogP contribution in [0.1, 0.15) is 6.92 Å². The zero-order valence-electron chi connectivity index (χ0n) is 9.25. The monoisotopic (exact) mass is 265 g/mol. The number of pyridine rings is 1. The van der Waals surface area contributed by atoms with Gasteiger partial charge in [0.05, 0.1) is 12.1 Å². The largest absolute Gasteiger partial charge is 0.478 e. The minimum absolute atomic E-state index is 0.101. The van der Waals surface area contributed by atoms with Crippen LogP contribution in [0.15, 0.2) is 41.2 Å². The molecule has 1 aromatic carbocycles. The van der Waals surface area contributed by atoms with Crippen molar-refractivity contribution >= 4 is 39.5 Å². The van der Waals surface area contributed by atoms with Crippen LogP contribution >= 0.6 is 24.2 Å². The number of hydrogen-bond donors (Lipinski definition) is 0. The second-order valence-corrected chi connectivity index (χ2v) is 4.85. The summed E-state index contributed by atoms with van der Waals surface area (Å²) in [7, 11) is 0. The Hall–Kier alpha value is -1.33. The normalized spacial score (nSPS) is 10.4. The minimum atomic E-state index is -0.101. The summed E-state index contributed by atoms with van der Waals surface area (Å²) in [4.78, 5) is 11.8. The summed E-state index contributed by atoms with van der Waals surface area (Å²) in [6.07, 6.45) is 0. The molecule has 0 aliphatic carbocycles. The van der Waals surface area contributed by atoms with Gasteiger partial charge in [0, 0.05) is 18.0 Å². The fraction of sp³-hybridized carbons (Fsp3) is 0.167. The first-order chi connectivity index (χ1) is 8.22. The van der Waals surface area contributed by atoms with Crippen LogP contribution < -0.4 is 5.56 Å². The quantitative estimate of drug-likeness (QED) is 0.781. The zero-order chi connectivity index (χ0) is 12.3. The second kappa shape index (κ2) is 5.33. The van der Waals surface area contributed by atoms with Crippen LogP contribution in [0.4, 0.5) is 0 Å². The summed E-state index contributed by atoms with van der Waals surface area (Å²) in [5, 5.41) is 0.999. The Balaban J connectivity index is 2.48. The highest BCUT2D eigenvalue weighted by Crippen LogP contribution is 2.17. The molecular weight excluding hydrogens is 254 g/mol. The van der Waals surface area contributed by atoms with Gasteiger partial charge in [0.2, 0.25) is 4.38 Å². The van der Waals surface area contributed by atoms with E-state index in [-0.39, 0.29) is 5.56 Å². The highest BCUT2D eigenvalue weighted by atomic mass is 32.2. The number of ether oxygens (including phenoxy) is 1. The molecule has 0 saturated heterocycles. The lowest BCUT2D eigenvalue weighted by Crippen LogP contribution is -2.16. The summed E-state index contributed by atoms with van der Waals surface area (Å²) in [5.74, 6) is 0. The van der Waals surface area contributed by atoms with E-state index in [1.54, 1.807) is 10.0 Å². The summed E-state index contributed by atoms with van der Waals surface area (Å²) in [6, 6.07) is 11.0. The molecule has 1 heterocycles. The summed E-state index contributed by atoms with van der Waals surface area (Å²) in [6.45, 7) is 2.37. The molecular formula is C12H11NO2S2. The number of thiocarbonyl (C=S) groups is 1. The lowest BCUT2D eigenvalue weighted by Gasteiger charge is -2.09. The van der Waals surface area contributed by atoms with Crippen LogP contribution in [-0.4, -0.2) is 15.0 Å². The smallest absolute Gasteiger partial charge is 0.261 e. The zero-order valence-corrected chi connectivity index (χ0v) is 10.9. The van der Waals surface area contributed by atoms with E-state index >= 15 is 0 Å². The molecule has 0 aliphatic heterocycles. The van der Waals surface area contributed by atoms with Crippen molar-refractivity contribution in [1.82, 2.24) is 3.97 Å². The van der Waals surface area contributed by atoms with Crippen molar-refractivity contribution in [3.05, 3.63) is 46.8 Å². The SMILES string of the molecule is CCOC(=S)Sn1c(=O)ccc2ccccc21. The maximum absolute atomic E-state index is 11.8. The van der Waals surface area contributed by atoms with Gasteiger partial charge < -0.3 is 4.74 Å². The van der Waals surface area contributed by atoms with Crippen LogP contribution in [0.3, 0.4) is 0 Å². The third-order valence-corrected chi connectivity index (χ3v) is 3.36. The predicted molar refractivity (Wildman–Crippen MR) is 75.4 cm³/mol. The average Bonchev–Trinajstić information content (AvgIpc) is 2.33. The molecule has 88 valence electrons. The topological polar surface area (TPSA) is 31.2 Å². The lowest BCUT2D eigenvalue weighted by atomic mass is 10.2. The summed E-state index contributed by atoms with van der Waals surface area (Å²) < 4.78 is 7.09. The molecule has 2 rings (SSSR count). The molecule has 1 aromatic heterocycles. The molecule has 0 spiro atoms. The fourth-order valence-electron chi connectivity index (χ4n) is 1.47. The maximum Gasteiger partial charge on any atom is 0.261 e. The van der Waals surface area contributed by atoms with Crippen molar-refractivity contribution in [2.24, 2.45) is 0 Å². The van der Waals surface area contributed by atoms with E-state index in [1.165, 1.54) is 6.07 Å². The maximum atomic E-state index is 11.8. The number of fused-ring (bicyclic) bond motifs is 1. The fourth-order valence-corrected chi connectivity index (χ4v) is 2.55. The van der Waals surface area contributed by atoms with Crippen molar-refractivity contribution in [2.45, 2.75) is 6.92 Å². The van der Waals surface area contributed by atoms with Gasteiger partial charge in [0.25, 0.3) is 5.56 Å². The highest BCUT2D eigenvalue weighted by molar-refractivity contribution is 8.21. The van der Waals surface area contributed by atoms with E-state index in [4.69, 9.17) is 17.0 Å². The number of nitrogens with zero attached hydrogens (tertiary/aromatic N) is 1. The van der Waals surface area contributed by atoms with Crippen molar-refractivity contribution in [1.29, 1.82) is 0 Å². The van der Waals surface area contributed by atoms with Gasteiger partial charge in [-0.15, -0.1) is 0 Å². The van der Waals surface area contributed by atoms with Gasteiger partial charge in [-0.25, -0.2) is 3.97 Å². The predicted octanol–water partition coefficient (Wildman–Crippen LogP) is 2.82. The van der Waals surface area contributed by atoms with Crippen LogP contribution in [0.2, 0.25) is 0 Å². The van der Waals surface area contributed by atoms with E-state index in [2.05, 4.69) is 0 Å². The molecule has 0 amide bonds. The van der Waals surface area contributed by atoms with Crippen molar-refractivity contribution < 1.29 is 4.74 Å². The van der Waals surface area contributed by atoms with Crippen molar-refractivity contribution in [2.75, 3.05) is 6.61 Å². The molecule has 0 unspecified atom stereocenters. The van der Waals surface area contributed by atoms with E-state index in [0.717, 1.165) is 22.9 Å². The van der Waals surface area contributed by atoms with E-state index in [1.807, 2.05) is 31.2 Å². The number of hydrogen-bond acceptors (Lipinski definition) is 4. The van der Waals surface area contributed by atoms with E-state index in [0.29, 0.717) is 11.0 Å². The molecule has 3 nitrogen and oxygen atoms in total. The van der Waals surface area contributed by atoms with E-state index in [9.17, 15) is 4.79 Å². The first-order valence-electron chi connectivity index (χ1n) is 5.18. The van der Waals surface area contributed by atoms with Gasteiger partial charge in [-0.3, -0.25) is 4.79 Å². The standard InChI is InChI=1S/C12H11NO2S2/c1-2-15-12(16)17-13-10-6-4-3-5-9(10)7-8-11(13)14/h3-8H,2H2,1H3. The first kappa shape index (κ1) is 12.1. The van der Waals surface area contributed by atoms with Crippen molar-refractivity contribution in [3.63, 3.8) is 0 Å². The molecule has 0 aliphatic rings. The van der Waals surface area contributed by atoms with E-state index < -0.39 is 0 Å². The Kier molecular flexibility index (Phi) is 3.81. The van der Waals surface area contributed by atoms with Crippen LogP contribution in [-0.2, 0) is 4.74 Å². The minimum Gasteiger partial charge on any atom is -0.478 e. The van der Waals surface area contributed by atoms with Gasteiger partial charge >= 0.3 is 0 Å². The molecule has 0 bridgehead atoms. The van der Waals surface area contributed by atoms with Gasteiger partial charge in [-0.2, -0.15) is 0 Å². The summed E-state index contributed by atoms with van der Waals surface area (Å²) >= 11 is 6.18. The van der Waals surface area contributed by atoms with Crippen LogP contribution in [0, 0.1) is 0 Å². The molecule has 2 aromatic rings. The lowest BCUT2D eigenvalue weighted by molar-refractivity contribution is 0.346. The van der Waals surface area contributed by atoms with Crippen molar-refractivity contribution in [3.8, 4) is 0 Å². The third kappa shape index (κ3) is 2.68. The van der Waals surface area contributed by atoms with Gasteiger partial charge in [0.15, 0.2) is 0 Å². The van der Waals surface area contributed by atoms with Gasteiger partial charge in [-0.05, 0) is 36.7 Å². The summed E-state index contributed by atoms with van der Waals surface area (Å²) in [5.41, 5.74) is 0.739. The Labute approximate surface area is 109 Å². The van der Waals surface area contributed by atoms with Gasteiger partial charge in [-0.1, -0.05) is 18.2 Å². The second-order valence-electron chi connectivity index (χ2n) is 3.30. The molecule has 0 radical (unpaired) electrons. The Morgan fingerprint density at radius 2 is 2.12 bits per heavy atom. The molecule has 0 saturated carbocycles. The van der Waals surface area contributed by atoms with Crippen LogP contribution in [0.5, 0.6) is 0 Å². The molecule has 0 N–H and O–H groups in total. The number of aromatic nitrogens is 1.